The van der Waals surface area contributed by atoms with Gasteiger partial charge in [0.05, 0.1) is 11.3 Å². The van der Waals surface area contributed by atoms with Crippen LogP contribution in [0, 0.1) is 17.2 Å². The van der Waals surface area contributed by atoms with Crippen molar-refractivity contribution in [3.8, 4) is 6.07 Å². The van der Waals surface area contributed by atoms with Gasteiger partial charge in [-0.25, -0.2) is 4.98 Å². The molecule has 0 spiro atoms. The summed E-state index contributed by atoms with van der Waals surface area (Å²) in [6.45, 7) is 5.84. The molecular formula is C22H25ClN6S. The van der Waals surface area contributed by atoms with Gasteiger partial charge in [-0.3, -0.25) is 4.99 Å². The first kappa shape index (κ1) is 22.3. The summed E-state index contributed by atoms with van der Waals surface area (Å²) >= 11 is 7.87. The maximum atomic E-state index is 7.32. The number of rotatable bonds is 4. The lowest BCUT2D eigenvalue weighted by Crippen LogP contribution is -2.20. The molecule has 0 amide bonds. The fourth-order valence-electron chi connectivity index (χ4n) is 3.46. The lowest BCUT2D eigenvalue weighted by atomic mass is 9.92. The number of halogens is 1. The second-order valence-corrected chi connectivity index (χ2v) is 8.97. The van der Waals surface area contributed by atoms with Crippen molar-refractivity contribution in [2.24, 2.45) is 18.0 Å². The average Bonchev–Trinajstić information content (AvgIpc) is 3.05. The van der Waals surface area contributed by atoms with Gasteiger partial charge in [0.15, 0.2) is 10.8 Å². The molecule has 3 heterocycles. The number of aromatic nitrogens is 4. The molecule has 0 bridgehead atoms. The normalized spacial score (nSPS) is 22.7. The van der Waals surface area contributed by atoms with Crippen LogP contribution in [-0.2, 0) is 7.05 Å². The number of hydrogen-bond donors (Lipinski definition) is 0. The molecule has 3 unspecified atom stereocenters. The zero-order valence-electron chi connectivity index (χ0n) is 17.6. The van der Waals surface area contributed by atoms with E-state index in [1.807, 2.05) is 29.6 Å². The average molecular weight is 441 g/mol. The van der Waals surface area contributed by atoms with Crippen LogP contribution in [0.2, 0.25) is 5.15 Å². The van der Waals surface area contributed by atoms with E-state index in [-0.39, 0.29) is 11.3 Å². The largest absolute Gasteiger partial charge is 0.312 e. The molecule has 156 valence electrons. The Morgan fingerprint density at radius 2 is 2.10 bits per heavy atom. The lowest BCUT2D eigenvalue weighted by Gasteiger charge is -2.25. The molecule has 0 N–H and O–H groups in total. The quantitative estimate of drug-likeness (QED) is 0.649. The van der Waals surface area contributed by atoms with E-state index in [0.717, 1.165) is 29.2 Å². The number of aryl methyl sites for hydroxylation is 1. The van der Waals surface area contributed by atoms with E-state index in [1.165, 1.54) is 18.1 Å². The third-order valence-electron chi connectivity index (χ3n) is 4.92. The zero-order chi connectivity index (χ0) is 21.7. The maximum absolute atomic E-state index is 7.32. The van der Waals surface area contributed by atoms with Crippen molar-refractivity contribution in [1.29, 1.82) is 5.26 Å². The van der Waals surface area contributed by atoms with E-state index in [2.05, 4.69) is 48.3 Å². The Balaban J connectivity index is 0.000000806. The van der Waals surface area contributed by atoms with Crippen molar-refractivity contribution in [2.45, 2.75) is 38.5 Å². The number of fused-ring (bicyclic) bond motifs is 1. The number of imidazole rings is 1. The molecule has 0 saturated heterocycles. The second kappa shape index (κ2) is 10.1. The van der Waals surface area contributed by atoms with Crippen molar-refractivity contribution in [2.75, 3.05) is 5.75 Å². The van der Waals surface area contributed by atoms with Crippen molar-refractivity contribution in [3.63, 3.8) is 0 Å². The summed E-state index contributed by atoms with van der Waals surface area (Å²) in [5.74, 6) is 2.51. The molecule has 0 aromatic carbocycles. The Labute approximate surface area is 186 Å². The van der Waals surface area contributed by atoms with Gasteiger partial charge in [-0.2, -0.15) is 17.0 Å². The monoisotopic (exact) mass is 440 g/mol. The first-order valence-corrected chi connectivity index (χ1v) is 11.3. The minimum atomic E-state index is -0.0521. The molecular weight excluding hydrogens is 416 g/mol. The zero-order valence-corrected chi connectivity index (χ0v) is 19.2. The Morgan fingerprint density at radius 1 is 1.33 bits per heavy atom. The van der Waals surface area contributed by atoms with Crippen LogP contribution >= 0.6 is 23.4 Å². The number of nitriles is 1. The standard InChI is InChI=1S/C20H22ClN5S.C2H3N/c1-4-27-16-9-14(13-7-5-12(2)6-8-13)11-22-18(16)20-23-15-10-17(21)24-25-19(15)26(20)3;1-2-3/h5,7-12,16,18H,4,6H2,1-3H3;1H3. The first-order valence-electron chi connectivity index (χ1n) is 9.90. The maximum Gasteiger partial charge on any atom is 0.182 e. The first-order chi connectivity index (χ1) is 14.5. The van der Waals surface area contributed by atoms with E-state index < -0.39 is 0 Å². The predicted octanol–water partition coefficient (Wildman–Crippen LogP) is 5.24. The highest BCUT2D eigenvalue weighted by Gasteiger charge is 2.29. The molecule has 2 aromatic heterocycles. The Morgan fingerprint density at radius 3 is 2.77 bits per heavy atom. The number of nitrogens with zero attached hydrogens (tertiary/aromatic N) is 6. The van der Waals surface area contributed by atoms with Gasteiger partial charge >= 0.3 is 0 Å². The summed E-state index contributed by atoms with van der Waals surface area (Å²) in [7, 11) is 1.96. The van der Waals surface area contributed by atoms with Crippen LogP contribution in [0.4, 0.5) is 0 Å². The molecule has 0 radical (unpaired) electrons. The lowest BCUT2D eigenvalue weighted by molar-refractivity contribution is 0.656. The number of hydrogen-bond acceptors (Lipinski definition) is 6. The summed E-state index contributed by atoms with van der Waals surface area (Å²) in [5.41, 5.74) is 3.94. The molecule has 0 saturated carbocycles. The van der Waals surface area contributed by atoms with Crippen molar-refractivity contribution in [1.82, 2.24) is 19.7 Å². The van der Waals surface area contributed by atoms with E-state index >= 15 is 0 Å². The minimum absolute atomic E-state index is 0.0521. The van der Waals surface area contributed by atoms with Crippen molar-refractivity contribution < 1.29 is 0 Å². The summed E-state index contributed by atoms with van der Waals surface area (Å²) < 4.78 is 1.98. The molecule has 0 fully saturated rings. The number of dihydropyridines is 1. The molecule has 4 rings (SSSR count). The minimum Gasteiger partial charge on any atom is -0.312 e. The molecule has 1 aliphatic heterocycles. The molecule has 1 aliphatic carbocycles. The van der Waals surface area contributed by atoms with E-state index in [4.69, 9.17) is 26.8 Å². The summed E-state index contributed by atoms with van der Waals surface area (Å²) in [4.78, 5) is 9.67. The fraction of sp³-hybridized carbons (Fsp3) is 0.409. The van der Waals surface area contributed by atoms with Gasteiger partial charge in [0, 0.05) is 26.3 Å². The van der Waals surface area contributed by atoms with Gasteiger partial charge < -0.3 is 4.57 Å². The molecule has 3 atom stereocenters. The highest BCUT2D eigenvalue weighted by Crippen LogP contribution is 2.36. The van der Waals surface area contributed by atoms with Crippen LogP contribution in [0.5, 0.6) is 0 Å². The van der Waals surface area contributed by atoms with Crippen LogP contribution < -0.4 is 0 Å². The van der Waals surface area contributed by atoms with Gasteiger partial charge in [0.2, 0.25) is 0 Å². The Bertz CT molecular complexity index is 1080. The Kier molecular flexibility index (Phi) is 7.46. The molecule has 8 heteroatoms. The molecule has 2 aromatic rings. The van der Waals surface area contributed by atoms with Gasteiger partial charge in [-0.1, -0.05) is 49.8 Å². The summed E-state index contributed by atoms with van der Waals surface area (Å²) in [6, 6.07) is 3.45. The number of allylic oxidation sites excluding steroid dienone is 5. The number of aliphatic imine (C=N–C) groups is 1. The highest BCUT2D eigenvalue weighted by molar-refractivity contribution is 8.00. The third kappa shape index (κ3) is 4.82. The van der Waals surface area contributed by atoms with Gasteiger partial charge in [-0.15, -0.1) is 10.2 Å². The van der Waals surface area contributed by atoms with Crippen molar-refractivity contribution in [3.05, 3.63) is 52.5 Å². The smallest absolute Gasteiger partial charge is 0.182 e. The SMILES string of the molecule is CC#N.CCSC1C=C(C2=CCC(C)C=C2)C=NC1c1nc2cc(Cl)nnc2n1C. The third-order valence-corrected chi connectivity index (χ3v) is 6.22. The Hall–Kier alpha value is -2.43. The molecule has 30 heavy (non-hydrogen) atoms. The number of thioether (sulfide) groups is 1. The van der Waals surface area contributed by atoms with Crippen LogP contribution in [0.15, 0.2) is 46.5 Å². The molecule has 2 aliphatic rings. The van der Waals surface area contributed by atoms with Crippen LogP contribution in [0.1, 0.15) is 39.1 Å². The van der Waals surface area contributed by atoms with Gasteiger partial charge in [-0.05, 0) is 29.2 Å². The predicted molar refractivity (Wildman–Crippen MR) is 125 cm³/mol. The topological polar surface area (TPSA) is 79.8 Å². The highest BCUT2D eigenvalue weighted by atomic mass is 35.5. The van der Waals surface area contributed by atoms with Crippen LogP contribution in [0.25, 0.3) is 11.2 Å². The van der Waals surface area contributed by atoms with E-state index in [1.54, 1.807) is 12.1 Å². The fourth-order valence-corrected chi connectivity index (χ4v) is 4.60. The van der Waals surface area contributed by atoms with Gasteiger partial charge in [0.1, 0.15) is 17.4 Å². The second-order valence-electron chi connectivity index (χ2n) is 7.13. The van der Waals surface area contributed by atoms with Gasteiger partial charge in [0.25, 0.3) is 0 Å². The van der Waals surface area contributed by atoms with Crippen LogP contribution in [0.3, 0.4) is 0 Å². The van der Waals surface area contributed by atoms with Crippen molar-refractivity contribution >= 4 is 40.7 Å². The summed E-state index contributed by atoms with van der Waals surface area (Å²) in [5, 5.41) is 16.0. The molecule has 6 nitrogen and oxygen atoms in total. The summed E-state index contributed by atoms with van der Waals surface area (Å²) in [6.07, 6.45) is 12.2. The van der Waals surface area contributed by atoms with Crippen LogP contribution in [-0.4, -0.2) is 37.0 Å². The van der Waals surface area contributed by atoms with E-state index in [0.29, 0.717) is 11.1 Å². The van der Waals surface area contributed by atoms with E-state index in [9.17, 15) is 0 Å².